The van der Waals surface area contributed by atoms with Crippen molar-refractivity contribution >= 4 is 0 Å². The first-order valence-corrected chi connectivity index (χ1v) is 12.6. The molecule has 0 bridgehead atoms. The molecule has 0 amide bonds. The maximum Gasteiger partial charge on any atom is 0.0546 e. The van der Waals surface area contributed by atoms with E-state index in [0.29, 0.717) is 16.7 Å². The molecule has 1 heteroatoms. The molecule has 0 aliphatic heterocycles. The van der Waals surface area contributed by atoms with Gasteiger partial charge >= 0.3 is 0 Å². The van der Waals surface area contributed by atoms with Gasteiger partial charge in [-0.05, 0) is 97.2 Å². The van der Waals surface area contributed by atoms with Crippen LogP contribution in [0.5, 0.6) is 0 Å². The van der Waals surface area contributed by atoms with E-state index in [-0.39, 0.29) is 6.10 Å². The molecule has 0 saturated heterocycles. The van der Waals surface area contributed by atoms with Gasteiger partial charge in [0.2, 0.25) is 0 Å². The Labute approximate surface area is 174 Å². The molecule has 0 heterocycles. The average molecular weight is 387 g/mol. The third-order valence-electron chi connectivity index (χ3n) is 10.3. The van der Waals surface area contributed by atoms with Crippen molar-refractivity contribution in [2.75, 3.05) is 0 Å². The summed E-state index contributed by atoms with van der Waals surface area (Å²) >= 11 is 0. The lowest BCUT2D eigenvalue weighted by Gasteiger charge is -2.59. The molecule has 3 fully saturated rings. The predicted octanol–water partition coefficient (Wildman–Crippen LogP) is 7.24. The molecule has 0 radical (unpaired) electrons. The molecule has 0 aromatic rings. The van der Waals surface area contributed by atoms with Crippen LogP contribution in [-0.2, 0) is 0 Å². The summed E-state index contributed by atoms with van der Waals surface area (Å²) in [4.78, 5) is 0. The highest BCUT2D eigenvalue weighted by Crippen LogP contribution is 2.67. The highest BCUT2D eigenvalue weighted by molar-refractivity contribution is 5.18. The average Bonchev–Trinajstić information content (AvgIpc) is 2.99. The molecule has 2 unspecified atom stereocenters. The van der Waals surface area contributed by atoms with Gasteiger partial charge in [0.25, 0.3) is 0 Å². The van der Waals surface area contributed by atoms with Crippen LogP contribution in [0.15, 0.2) is 12.2 Å². The molecule has 0 aromatic heterocycles. The fourth-order valence-corrected chi connectivity index (χ4v) is 8.62. The molecule has 0 aromatic carbocycles. The SMILES string of the molecule is CC(C)CCC[C@@H](C)[C@H]1CC[C@H]2[C@@H]3C=CC4CC(O)CC[C@]4(C)[C@H]3CC[C@]12C. The summed E-state index contributed by atoms with van der Waals surface area (Å²) in [6.07, 6.45) is 18.5. The molecule has 3 saturated carbocycles. The van der Waals surface area contributed by atoms with Crippen LogP contribution in [-0.4, -0.2) is 11.2 Å². The third kappa shape index (κ3) is 3.42. The minimum absolute atomic E-state index is 0.0596. The van der Waals surface area contributed by atoms with E-state index in [4.69, 9.17) is 0 Å². The van der Waals surface area contributed by atoms with Gasteiger partial charge in [-0.1, -0.05) is 66.0 Å². The van der Waals surface area contributed by atoms with Crippen LogP contribution >= 0.6 is 0 Å². The maximum absolute atomic E-state index is 10.2. The van der Waals surface area contributed by atoms with Crippen molar-refractivity contribution in [3.8, 4) is 0 Å². The van der Waals surface area contributed by atoms with Crippen molar-refractivity contribution in [2.45, 2.75) is 105 Å². The van der Waals surface area contributed by atoms with E-state index in [1.54, 1.807) is 0 Å². The van der Waals surface area contributed by atoms with Gasteiger partial charge in [0.05, 0.1) is 6.10 Å². The summed E-state index contributed by atoms with van der Waals surface area (Å²) in [6.45, 7) is 12.6. The maximum atomic E-state index is 10.2. The molecule has 1 nitrogen and oxygen atoms in total. The summed E-state index contributed by atoms with van der Waals surface area (Å²) in [6, 6.07) is 0. The highest BCUT2D eigenvalue weighted by Gasteiger charge is 2.59. The summed E-state index contributed by atoms with van der Waals surface area (Å²) in [5.41, 5.74) is 1.01. The van der Waals surface area contributed by atoms with E-state index >= 15 is 0 Å². The van der Waals surface area contributed by atoms with E-state index < -0.39 is 0 Å². The molecule has 160 valence electrons. The van der Waals surface area contributed by atoms with Crippen molar-refractivity contribution in [2.24, 2.45) is 52.3 Å². The lowest BCUT2D eigenvalue weighted by atomic mass is 9.46. The quantitative estimate of drug-likeness (QED) is 0.493. The Morgan fingerprint density at radius 2 is 1.61 bits per heavy atom. The van der Waals surface area contributed by atoms with Crippen LogP contribution in [0.25, 0.3) is 0 Å². The molecule has 1 N–H and O–H groups in total. The Balaban J connectivity index is 1.49. The Bertz CT molecular complexity index is 579. The molecule has 0 spiro atoms. The molecular weight excluding hydrogens is 340 g/mol. The van der Waals surface area contributed by atoms with E-state index in [1.807, 2.05) is 0 Å². The summed E-state index contributed by atoms with van der Waals surface area (Å²) in [5, 5.41) is 10.2. The lowest BCUT2D eigenvalue weighted by Crippen LogP contribution is -2.52. The first-order chi connectivity index (χ1) is 13.3. The van der Waals surface area contributed by atoms with Gasteiger partial charge in [-0.2, -0.15) is 0 Å². The molecule has 28 heavy (non-hydrogen) atoms. The van der Waals surface area contributed by atoms with Crippen molar-refractivity contribution in [1.29, 1.82) is 0 Å². The molecule has 9 atom stereocenters. The third-order valence-corrected chi connectivity index (χ3v) is 10.3. The van der Waals surface area contributed by atoms with Crippen LogP contribution in [0.3, 0.4) is 0 Å². The van der Waals surface area contributed by atoms with Crippen molar-refractivity contribution < 1.29 is 5.11 Å². The second-order valence-corrected chi connectivity index (χ2v) is 12.2. The van der Waals surface area contributed by atoms with Crippen LogP contribution in [0.1, 0.15) is 98.8 Å². The summed E-state index contributed by atoms with van der Waals surface area (Å²) < 4.78 is 0. The Kier molecular flexibility index (Phi) is 5.80. The van der Waals surface area contributed by atoms with Crippen molar-refractivity contribution in [1.82, 2.24) is 0 Å². The highest BCUT2D eigenvalue weighted by atomic mass is 16.3. The summed E-state index contributed by atoms with van der Waals surface area (Å²) in [5.74, 6) is 5.89. The summed E-state index contributed by atoms with van der Waals surface area (Å²) in [7, 11) is 0. The van der Waals surface area contributed by atoms with Crippen molar-refractivity contribution in [3.63, 3.8) is 0 Å². The minimum atomic E-state index is -0.0596. The minimum Gasteiger partial charge on any atom is -0.393 e. The normalized spacial score (nSPS) is 48.8. The Morgan fingerprint density at radius 1 is 0.893 bits per heavy atom. The first-order valence-electron chi connectivity index (χ1n) is 12.6. The zero-order chi connectivity index (χ0) is 20.1. The van der Waals surface area contributed by atoms with Gasteiger partial charge in [0.15, 0.2) is 0 Å². The topological polar surface area (TPSA) is 20.2 Å². The van der Waals surface area contributed by atoms with Gasteiger partial charge in [-0.3, -0.25) is 0 Å². The number of hydrogen-bond donors (Lipinski definition) is 1. The number of aliphatic hydroxyl groups is 1. The Hall–Kier alpha value is -0.300. The number of fused-ring (bicyclic) bond motifs is 5. The van der Waals surface area contributed by atoms with E-state index in [2.05, 4.69) is 46.8 Å². The fraction of sp³-hybridized carbons (Fsp3) is 0.926. The molecule has 4 rings (SSSR count). The largest absolute Gasteiger partial charge is 0.393 e. The number of allylic oxidation sites excluding steroid dienone is 2. The lowest BCUT2D eigenvalue weighted by molar-refractivity contribution is -0.0813. The number of rotatable bonds is 5. The zero-order valence-electron chi connectivity index (χ0n) is 19.3. The van der Waals surface area contributed by atoms with Crippen LogP contribution in [0.2, 0.25) is 0 Å². The number of aliphatic hydroxyl groups excluding tert-OH is 1. The second-order valence-electron chi connectivity index (χ2n) is 12.2. The molecule has 4 aliphatic carbocycles. The second kappa shape index (κ2) is 7.75. The first kappa shape index (κ1) is 21.0. The van der Waals surface area contributed by atoms with Gasteiger partial charge < -0.3 is 5.11 Å². The molecule has 4 aliphatic rings. The van der Waals surface area contributed by atoms with Crippen molar-refractivity contribution in [3.05, 3.63) is 12.2 Å². The van der Waals surface area contributed by atoms with Crippen LogP contribution in [0, 0.1) is 52.3 Å². The zero-order valence-corrected chi connectivity index (χ0v) is 19.3. The fourth-order valence-electron chi connectivity index (χ4n) is 8.62. The van der Waals surface area contributed by atoms with Gasteiger partial charge in [-0.25, -0.2) is 0 Å². The predicted molar refractivity (Wildman–Crippen MR) is 119 cm³/mol. The van der Waals surface area contributed by atoms with Crippen LogP contribution in [0.4, 0.5) is 0 Å². The van der Waals surface area contributed by atoms with Gasteiger partial charge in [0, 0.05) is 0 Å². The van der Waals surface area contributed by atoms with Crippen LogP contribution < -0.4 is 0 Å². The monoisotopic (exact) mass is 386 g/mol. The van der Waals surface area contributed by atoms with Gasteiger partial charge in [-0.15, -0.1) is 0 Å². The molecular formula is C27H46O. The van der Waals surface area contributed by atoms with Gasteiger partial charge in [0.1, 0.15) is 0 Å². The van der Waals surface area contributed by atoms with E-state index in [9.17, 15) is 5.11 Å². The van der Waals surface area contributed by atoms with E-state index in [0.717, 1.165) is 48.3 Å². The Morgan fingerprint density at radius 3 is 2.36 bits per heavy atom. The number of hydrogen-bond acceptors (Lipinski definition) is 1. The van der Waals surface area contributed by atoms with E-state index in [1.165, 1.54) is 51.4 Å². The smallest absolute Gasteiger partial charge is 0.0546 e. The standard InChI is InChI=1S/C27H46O/c1-18(2)7-6-8-19(3)23-11-12-24-22-10-9-20-17-21(28)13-15-26(20,4)25(22)14-16-27(23,24)5/h9-10,18-25,28H,6-8,11-17H2,1-5H3/t19-,20?,21?,22+,23-,24+,25+,26+,27-/m1/s1.